The summed E-state index contributed by atoms with van der Waals surface area (Å²) in [6.07, 6.45) is 0. The molecule has 1 aromatic rings. The van der Waals surface area contributed by atoms with Gasteiger partial charge in [-0.25, -0.2) is 0 Å². The monoisotopic (exact) mass is 236 g/mol. The zero-order valence-electron chi connectivity index (χ0n) is 5.62. The van der Waals surface area contributed by atoms with Gasteiger partial charge >= 0.3 is 0 Å². The van der Waals surface area contributed by atoms with Crippen molar-refractivity contribution in [2.75, 3.05) is 0 Å². The smallest absolute Gasteiger partial charge is 0.105 e. The Balaban J connectivity index is 2.48. The molecule has 0 aliphatic carbocycles. The summed E-state index contributed by atoms with van der Waals surface area (Å²) in [6, 6.07) is 0. The van der Waals surface area contributed by atoms with E-state index < -0.39 is 0 Å². The van der Waals surface area contributed by atoms with Crippen LogP contribution in [0.5, 0.6) is 0 Å². The van der Waals surface area contributed by atoms with E-state index >= 15 is 0 Å². The Morgan fingerprint density at radius 1 is 1.27 bits per heavy atom. The number of allylic oxidation sites excluding steroid dienone is 1. The summed E-state index contributed by atoms with van der Waals surface area (Å²) in [5, 5.41) is 2.19. The molecule has 2 heterocycles. The Morgan fingerprint density at radius 3 is 2.82 bits per heavy atom. The minimum absolute atomic E-state index is 1.04. The molecule has 0 aromatic carbocycles. The van der Waals surface area contributed by atoms with Crippen LogP contribution >= 0.6 is 58.4 Å². The largest absolute Gasteiger partial charge is 0.145 e. The van der Waals surface area contributed by atoms with Crippen molar-refractivity contribution in [3.63, 3.8) is 0 Å². The molecule has 0 saturated carbocycles. The predicted molar refractivity (Wildman–Crippen MR) is 58.5 cm³/mol. The Morgan fingerprint density at radius 2 is 2.00 bits per heavy atom. The Labute approximate surface area is 86.7 Å². The van der Waals surface area contributed by atoms with Crippen LogP contribution in [-0.2, 0) is 0 Å². The molecule has 1 aliphatic rings. The molecule has 0 saturated heterocycles. The molecule has 0 spiro atoms. The van der Waals surface area contributed by atoms with E-state index in [0.717, 1.165) is 3.14 Å². The van der Waals surface area contributed by atoms with Crippen molar-refractivity contribution in [3.05, 3.63) is 13.5 Å². The molecule has 0 unspecified atom stereocenters. The SMILES string of the molecule is CC1=CSc2sc(=S)sc2S1. The van der Waals surface area contributed by atoms with Crippen molar-refractivity contribution in [3.8, 4) is 0 Å². The lowest BCUT2D eigenvalue weighted by Gasteiger charge is -2.05. The van der Waals surface area contributed by atoms with Crippen molar-refractivity contribution in [2.24, 2.45) is 0 Å². The fraction of sp³-hybridized carbons (Fsp3) is 0.167. The summed E-state index contributed by atoms with van der Waals surface area (Å²) in [7, 11) is 0. The molecule has 11 heavy (non-hydrogen) atoms. The highest BCUT2D eigenvalue weighted by Gasteiger charge is 2.12. The first-order valence-corrected chi connectivity index (χ1v) is 6.64. The molecule has 0 radical (unpaired) electrons. The summed E-state index contributed by atoms with van der Waals surface area (Å²) in [5.74, 6) is 0. The summed E-state index contributed by atoms with van der Waals surface area (Å²) < 4.78 is 3.79. The lowest BCUT2D eigenvalue weighted by molar-refractivity contribution is 1.51. The van der Waals surface area contributed by atoms with Crippen LogP contribution in [0.15, 0.2) is 18.7 Å². The maximum atomic E-state index is 5.11. The first-order chi connectivity index (χ1) is 5.25. The highest BCUT2D eigenvalue weighted by Crippen LogP contribution is 2.48. The summed E-state index contributed by atoms with van der Waals surface area (Å²) >= 11 is 12.2. The van der Waals surface area contributed by atoms with E-state index in [1.165, 1.54) is 13.3 Å². The van der Waals surface area contributed by atoms with Gasteiger partial charge in [-0.1, -0.05) is 35.7 Å². The fourth-order valence-electron chi connectivity index (χ4n) is 0.697. The van der Waals surface area contributed by atoms with E-state index in [-0.39, 0.29) is 0 Å². The zero-order valence-corrected chi connectivity index (χ0v) is 9.70. The van der Waals surface area contributed by atoms with Crippen molar-refractivity contribution in [1.29, 1.82) is 0 Å². The van der Waals surface area contributed by atoms with Gasteiger partial charge in [-0.3, -0.25) is 0 Å². The third-order valence-corrected chi connectivity index (χ3v) is 6.64. The minimum Gasteiger partial charge on any atom is -0.105 e. The Bertz CT molecular complexity index is 355. The molecule has 0 atom stereocenters. The minimum atomic E-state index is 1.04. The molecule has 1 aromatic heterocycles. The van der Waals surface area contributed by atoms with E-state index in [4.69, 9.17) is 12.2 Å². The molecular weight excluding hydrogens is 232 g/mol. The van der Waals surface area contributed by atoms with Gasteiger partial charge in [0.15, 0.2) is 0 Å². The molecule has 2 rings (SSSR count). The van der Waals surface area contributed by atoms with Gasteiger partial charge in [0.05, 0.1) is 8.42 Å². The average Bonchev–Trinajstić information content (AvgIpc) is 2.27. The normalized spacial score (nSPS) is 15.9. The number of thioether (sulfide) groups is 2. The lowest BCUT2D eigenvalue weighted by atomic mass is 10.8. The summed E-state index contributed by atoms with van der Waals surface area (Å²) in [6.45, 7) is 2.13. The zero-order chi connectivity index (χ0) is 7.84. The predicted octanol–water partition coefficient (Wildman–Crippen LogP) is 4.60. The van der Waals surface area contributed by atoms with Crippen LogP contribution in [0, 0.1) is 3.14 Å². The first kappa shape index (κ1) is 8.31. The average molecular weight is 236 g/mol. The molecular formula is C6H4S5. The summed E-state index contributed by atoms with van der Waals surface area (Å²) in [4.78, 5) is 1.37. The van der Waals surface area contributed by atoms with Gasteiger partial charge in [-0.2, -0.15) is 0 Å². The molecule has 0 nitrogen and oxygen atoms in total. The molecule has 0 fully saturated rings. The molecule has 5 heteroatoms. The number of rotatable bonds is 0. The van der Waals surface area contributed by atoms with Gasteiger partial charge in [0.25, 0.3) is 0 Å². The van der Waals surface area contributed by atoms with E-state index in [1.54, 1.807) is 34.4 Å². The number of hydrogen-bond acceptors (Lipinski definition) is 5. The second-order valence-corrected chi connectivity index (χ2v) is 7.86. The molecule has 0 amide bonds. The van der Waals surface area contributed by atoms with Crippen LogP contribution in [0.3, 0.4) is 0 Å². The number of fused-ring (bicyclic) bond motifs is 1. The topological polar surface area (TPSA) is 0 Å². The van der Waals surface area contributed by atoms with Gasteiger partial charge < -0.3 is 0 Å². The van der Waals surface area contributed by atoms with Crippen LogP contribution in [0.25, 0.3) is 0 Å². The van der Waals surface area contributed by atoms with Gasteiger partial charge in [0, 0.05) is 0 Å². The Hall–Kier alpha value is 0.710. The highest BCUT2D eigenvalue weighted by atomic mass is 32.2. The van der Waals surface area contributed by atoms with E-state index in [9.17, 15) is 0 Å². The molecule has 1 aliphatic heterocycles. The number of hydrogen-bond donors (Lipinski definition) is 0. The molecule has 0 bridgehead atoms. The second kappa shape index (κ2) is 3.22. The third kappa shape index (κ3) is 1.72. The third-order valence-electron chi connectivity index (χ3n) is 1.10. The standard InChI is InChI=1S/C6H4S5/c1-3-2-8-4-5(9-3)11-6(7)10-4/h2H,1H3. The van der Waals surface area contributed by atoms with Gasteiger partial charge in [0.2, 0.25) is 0 Å². The second-order valence-electron chi connectivity index (χ2n) is 1.98. The van der Waals surface area contributed by atoms with Crippen LogP contribution in [0.2, 0.25) is 0 Å². The van der Waals surface area contributed by atoms with E-state index in [1.807, 2.05) is 11.8 Å². The van der Waals surface area contributed by atoms with Crippen LogP contribution in [-0.4, -0.2) is 0 Å². The van der Waals surface area contributed by atoms with Crippen LogP contribution in [0.1, 0.15) is 6.92 Å². The maximum Gasteiger partial charge on any atom is 0.145 e. The quantitative estimate of drug-likeness (QED) is 0.604. The highest BCUT2D eigenvalue weighted by molar-refractivity contribution is 8.11. The first-order valence-electron chi connectivity index (χ1n) is 2.91. The van der Waals surface area contributed by atoms with E-state index in [2.05, 4.69) is 12.3 Å². The van der Waals surface area contributed by atoms with Gasteiger partial charge in [-0.05, 0) is 17.2 Å². The van der Waals surface area contributed by atoms with Crippen molar-refractivity contribution >= 4 is 58.4 Å². The van der Waals surface area contributed by atoms with E-state index in [0.29, 0.717) is 0 Å². The van der Waals surface area contributed by atoms with Crippen molar-refractivity contribution in [1.82, 2.24) is 0 Å². The molecule has 0 N–H and O–H groups in total. The lowest BCUT2D eigenvalue weighted by Crippen LogP contribution is -1.73. The maximum absolute atomic E-state index is 5.11. The molecule has 58 valence electrons. The van der Waals surface area contributed by atoms with Gasteiger partial charge in [0.1, 0.15) is 3.14 Å². The summed E-state index contributed by atoms with van der Waals surface area (Å²) in [5.41, 5.74) is 0. The van der Waals surface area contributed by atoms with Crippen molar-refractivity contribution in [2.45, 2.75) is 15.3 Å². The van der Waals surface area contributed by atoms with Crippen LogP contribution in [0.4, 0.5) is 0 Å². The van der Waals surface area contributed by atoms with Crippen molar-refractivity contribution < 1.29 is 0 Å². The van der Waals surface area contributed by atoms with Gasteiger partial charge in [-0.15, -0.1) is 22.7 Å². The van der Waals surface area contributed by atoms with Crippen LogP contribution < -0.4 is 0 Å². The fourth-order valence-corrected chi connectivity index (χ4v) is 6.48. The Kier molecular flexibility index (Phi) is 2.43.